The van der Waals surface area contributed by atoms with Crippen molar-refractivity contribution < 1.29 is 22.9 Å². The summed E-state index contributed by atoms with van der Waals surface area (Å²) in [5, 5.41) is 14.1. The Kier molecular flexibility index (Phi) is 3.90. The number of carbonyl (C=O) groups excluding carboxylic acids is 1. The molecule has 0 bridgehead atoms. The zero-order valence-corrected chi connectivity index (χ0v) is 12.6. The van der Waals surface area contributed by atoms with Crippen molar-refractivity contribution in [2.75, 3.05) is 0 Å². The molecular weight excluding hydrogens is 359 g/mol. The highest BCUT2D eigenvalue weighted by Crippen LogP contribution is 2.36. The summed E-state index contributed by atoms with van der Waals surface area (Å²) in [5.41, 5.74) is 2.93. The molecule has 0 aliphatic heterocycles. The van der Waals surface area contributed by atoms with E-state index in [2.05, 4.69) is 20.1 Å². The van der Waals surface area contributed by atoms with Gasteiger partial charge in [-0.2, -0.15) is 18.3 Å². The van der Waals surface area contributed by atoms with Gasteiger partial charge in [0.05, 0.1) is 22.4 Å². The summed E-state index contributed by atoms with van der Waals surface area (Å²) in [5.74, 6) is -1.31. The Balaban J connectivity index is 2.09. The molecule has 0 aliphatic rings. The molecule has 3 heterocycles. The predicted octanol–water partition coefficient (Wildman–Crippen LogP) is 1.68. The van der Waals surface area contributed by atoms with Crippen LogP contribution in [0.2, 0.25) is 0 Å². The highest BCUT2D eigenvalue weighted by molar-refractivity contribution is 5.89. The maximum absolute atomic E-state index is 13.3. The van der Waals surface area contributed by atoms with Crippen LogP contribution in [0.25, 0.3) is 17.1 Å². The van der Waals surface area contributed by atoms with E-state index in [1.807, 2.05) is 0 Å². The van der Waals surface area contributed by atoms with Crippen molar-refractivity contribution in [3.8, 4) is 17.1 Å². The summed E-state index contributed by atoms with van der Waals surface area (Å²) in [6.07, 6.45) is -1.89. The van der Waals surface area contributed by atoms with Crippen molar-refractivity contribution in [3.05, 3.63) is 52.4 Å². The molecule has 0 unspecified atom stereocenters. The van der Waals surface area contributed by atoms with E-state index < -0.39 is 28.3 Å². The summed E-state index contributed by atoms with van der Waals surface area (Å²) >= 11 is 0. The van der Waals surface area contributed by atoms with Gasteiger partial charge in [0.2, 0.25) is 0 Å². The van der Waals surface area contributed by atoms with Crippen LogP contribution in [0.3, 0.4) is 0 Å². The number of alkyl halides is 3. The van der Waals surface area contributed by atoms with Crippen LogP contribution in [0.4, 0.5) is 18.9 Å². The van der Waals surface area contributed by atoms with Crippen molar-refractivity contribution >= 4 is 11.6 Å². The van der Waals surface area contributed by atoms with Gasteiger partial charge in [-0.25, -0.2) is 14.6 Å². The normalized spacial score (nSPS) is 11.5. The van der Waals surface area contributed by atoms with Gasteiger partial charge in [0.25, 0.3) is 11.6 Å². The number of nitrogens with one attached hydrogen (secondary N) is 1. The molecule has 0 aliphatic carbocycles. The van der Waals surface area contributed by atoms with E-state index in [1.165, 1.54) is 0 Å². The third-order valence-corrected chi connectivity index (χ3v) is 3.26. The van der Waals surface area contributed by atoms with E-state index in [9.17, 15) is 28.1 Å². The Morgan fingerprint density at radius 1 is 1.27 bits per heavy atom. The molecule has 0 saturated heterocycles. The fourth-order valence-electron chi connectivity index (χ4n) is 2.10. The van der Waals surface area contributed by atoms with Crippen molar-refractivity contribution in [3.63, 3.8) is 0 Å². The number of H-pyrrole nitrogens is 1. The first-order valence-corrected chi connectivity index (χ1v) is 6.79. The van der Waals surface area contributed by atoms with Gasteiger partial charge in [0, 0.05) is 12.3 Å². The highest BCUT2D eigenvalue weighted by atomic mass is 19.4. The number of primary amides is 1. The Labute approximate surface area is 141 Å². The van der Waals surface area contributed by atoms with Crippen molar-refractivity contribution in [1.29, 1.82) is 0 Å². The molecule has 3 aromatic heterocycles. The SMILES string of the molecule is NC(=O)c1ncc(-c2cn(-c3ccc([N+](=O)[O-])cn3)nc2C(F)(F)F)[nH]1. The first-order chi connectivity index (χ1) is 12.2. The van der Waals surface area contributed by atoms with Gasteiger partial charge in [-0.05, 0) is 6.07 Å². The molecule has 1 amide bonds. The van der Waals surface area contributed by atoms with Crippen LogP contribution in [0.15, 0.2) is 30.7 Å². The molecule has 3 N–H and O–H groups in total. The highest BCUT2D eigenvalue weighted by Gasteiger charge is 2.38. The summed E-state index contributed by atoms with van der Waals surface area (Å²) in [6, 6.07) is 2.23. The second-order valence-electron chi connectivity index (χ2n) is 4.98. The minimum atomic E-state index is -4.81. The Bertz CT molecular complexity index is 991. The van der Waals surface area contributed by atoms with Gasteiger partial charge in [-0.1, -0.05) is 0 Å². The van der Waals surface area contributed by atoms with E-state index in [4.69, 9.17) is 5.73 Å². The fraction of sp³-hybridized carbons (Fsp3) is 0.0769. The van der Waals surface area contributed by atoms with Crippen LogP contribution in [-0.2, 0) is 6.18 Å². The smallest absolute Gasteiger partial charge is 0.363 e. The topological polar surface area (TPSA) is 146 Å². The lowest BCUT2D eigenvalue weighted by molar-refractivity contribution is -0.385. The first-order valence-electron chi connectivity index (χ1n) is 6.79. The minimum Gasteiger partial charge on any atom is -0.363 e. The summed E-state index contributed by atoms with van der Waals surface area (Å²) in [4.78, 5) is 30.7. The van der Waals surface area contributed by atoms with Gasteiger partial charge >= 0.3 is 6.18 Å². The maximum Gasteiger partial charge on any atom is 0.435 e. The number of carbonyl (C=O) groups is 1. The predicted molar refractivity (Wildman–Crippen MR) is 79.1 cm³/mol. The molecule has 0 aromatic carbocycles. The Morgan fingerprint density at radius 3 is 2.50 bits per heavy atom. The number of imidazole rings is 1. The summed E-state index contributed by atoms with van der Waals surface area (Å²) < 4.78 is 40.7. The number of amides is 1. The quantitative estimate of drug-likeness (QED) is 0.530. The second-order valence-corrected chi connectivity index (χ2v) is 4.98. The van der Waals surface area contributed by atoms with E-state index in [0.717, 1.165) is 35.4 Å². The zero-order chi connectivity index (χ0) is 19.1. The van der Waals surface area contributed by atoms with Crippen LogP contribution in [0.5, 0.6) is 0 Å². The van der Waals surface area contributed by atoms with Crippen LogP contribution in [0.1, 0.15) is 16.3 Å². The minimum absolute atomic E-state index is 0.0676. The van der Waals surface area contributed by atoms with Crippen LogP contribution >= 0.6 is 0 Å². The van der Waals surface area contributed by atoms with E-state index in [-0.39, 0.29) is 23.0 Å². The molecule has 134 valence electrons. The van der Waals surface area contributed by atoms with Crippen LogP contribution < -0.4 is 5.73 Å². The standard InChI is InChI=1S/C13H8F3N7O3/c14-13(15,16)10-7(8-4-19-12(20-8)11(17)24)5-22(21-10)9-2-1-6(3-18-9)23(25)26/h1-5H,(H2,17,24)(H,19,20). The monoisotopic (exact) mass is 367 g/mol. The maximum atomic E-state index is 13.3. The number of hydrogen-bond donors (Lipinski definition) is 2. The van der Waals surface area contributed by atoms with Crippen molar-refractivity contribution in [2.24, 2.45) is 5.73 Å². The number of aromatic nitrogens is 5. The van der Waals surface area contributed by atoms with Gasteiger partial charge in [-0.15, -0.1) is 0 Å². The fourth-order valence-corrected chi connectivity index (χ4v) is 2.10. The van der Waals surface area contributed by atoms with Crippen LogP contribution in [-0.4, -0.2) is 35.6 Å². The molecule has 0 spiro atoms. The number of pyridine rings is 1. The number of nitrogens with zero attached hydrogens (tertiary/aromatic N) is 5. The lowest BCUT2D eigenvalue weighted by Gasteiger charge is -2.04. The molecule has 3 rings (SSSR count). The first kappa shape index (κ1) is 17.1. The molecule has 0 atom stereocenters. The number of nitrogens with two attached hydrogens (primary N) is 1. The molecule has 0 saturated carbocycles. The van der Waals surface area contributed by atoms with Crippen molar-refractivity contribution in [1.82, 2.24) is 24.7 Å². The molecule has 10 nitrogen and oxygen atoms in total. The molecular formula is C13H8F3N7O3. The molecule has 3 aromatic rings. The average Bonchev–Trinajstić information content (AvgIpc) is 3.21. The van der Waals surface area contributed by atoms with Gasteiger partial charge in [0.15, 0.2) is 17.3 Å². The van der Waals surface area contributed by atoms with Crippen molar-refractivity contribution in [2.45, 2.75) is 6.18 Å². The summed E-state index contributed by atoms with van der Waals surface area (Å²) in [7, 11) is 0. The largest absolute Gasteiger partial charge is 0.435 e. The van der Waals surface area contributed by atoms with E-state index in [0.29, 0.717) is 0 Å². The van der Waals surface area contributed by atoms with Gasteiger partial charge in [-0.3, -0.25) is 14.9 Å². The number of aromatic amines is 1. The van der Waals surface area contributed by atoms with Gasteiger partial charge in [0.1, 0.15) is 6.20 Å². The second kappa shape index (κ2) is 5.94. The average molecular weight is 367 g/mol. The van der Waals surface area contributed by atoms with Crippen LogP contribution in [0, 0.1) is 10.1 Å². The number of halogens is 3. The lowest BCUT2D eigenvalue weighted by Crippen LogP contribution is -2.12. The molecule has 13 heteroatoms. The summed E-state index contributed by atoms with van der Waals surface area (Å²) in [6.45, 7) is 0. The van der Waals surface area contributed by atoms with E-state index in [1.54, 1.807) is 0 Å². The number of hydrogen-bond acceptors (Lipinski definition) is 6. The van der Waals surface area contributed by atoms with Gasteiger partial charge < -0.3 is 10.7 Å². The molecule has 0 radical (unpaired) electrons. The third-order valence-electron chi connectivity index (χ3n) is 3.26. The third kappa shape index (κ3) is 3.09. The number of rotatable bonds is 4. The van der Waals surface area contributed by atoms with E-state index >= 15 is 0 Å². The lowest BCUT2D eigenvalue weighted by atomic mass is 10.2. The zero-order valence-electron chi connectivity index (χ0n) is 12.6. The Morgan fingerprint density at radius 2 is 2.00 bits per heavy atom. The molecule has 0 fully saturated rings. The molecule has 26 heavy (non-hydrogen) atoms. The number of nitro groups is 1. The Hall–Kier alpha value is -3.77.